The number of hydrogen-bond donors (Lipinski definition) is 2. The maximum atomic E-state index is 13.0. The van der Waals surface area contributed by atoms with E-state index in [1.54, 1.807) is 36.4 Å². The van der Waals surface area contributed by atoms with Crippen LogP contribution in [-0.4, -0.2) is 27.5 Å². The number of nitrogens with one attached hydrogen (secondary N) is 1. The summed E-state index contributed by atoms with van der Waals surface area (Å²) in [4.78, 5) is 31.0. The number of carbonyl (C=O) groups excluding carboxylic acids is 2. The molecule has 0 radical (unpaired) electrons. The molecule has 0 spiro atoms. The molecule has 2 N–H and O–H groups in total. The number of carbonyl (C=O) groups is 2. The van der Waals surface area contributed by atoms with E-state index in [2.05, 4.69) is 17.0 Å². The Balaban J connectivity index is 1.32. The van der Waals surface area contributed by atoms with Gasteiger partial charge in [0.25, 0.3) is 0 Å². The Morgan fingerprint density at radius 1 is 0.975 bits per heavy atom. The van der Waals surface area contributed by atoms with Gasteiger partial charge in [-0.25, -0.2) is 4.79 Å². The third-order valence-electron chi connectivity index (χ3n) is 7.83. The Morgan fingerprint density at radius 2 is 1.73 bits per heavy atom. The van der Waals surface area contributed by atoms with Crippen LogP contribution < -0.4 is 5.48 Å². The third kappa shape index (κ3) is 5.18. The smallest absolute Gasteiger partial charge is 0.356 e. The van der Waals surface area contributed by atoms with Crippen LogP contribution in [0.15, 0.2) is 89.5 Å². The van der Waals surface area contributed by atoms with Gasteiger partial charge in [0.15, 0.2) is 5.76 Å². The zero-order valence-electron chi connectivity index (χ0n) is 22.4. The van der Waals surface area contributed by atoms with Crippen LogP contribution in [0.3, 0.4) is 0 Å². The van der Waals surface area contributed by atoms with Crippen molar-refractivity contribution in [2.45, 2.75) is 51.3 Å². The Kier molecular flexibility index (Phi) is 7.24. The first-order valence-corrected chi connectivity index (χ1v) is 13.9. The number of aryl methyl sites for hydroxylation is 1. The van der Waals surface area contributed by atoms with Crippen molar-refractivity contribution in [1.82, 2.24) is 10.0 Å². The van der Waals surface area contributed by atoms with Gasteiger partial charge in [-0.15, -0.1) is 5.48 Å². The van der Waals surface area contributed by atoms with Gasteiger partial charge in [-0.05, 0) is 85.8 Å². The maximum absolute atomic E-state index is 13.0. The first kappa shape index (κ1) is 26.0. The normalized spacial score (nSPS) is 14.8. The average molecular weight is 537 g/mol. The van der Waals surface area contributed by atoms with Crippen LogP contribution in [0.2, 0.25) is 0 Å². The molecule has 40 heavy (non-hydrogen) atoms. The van der Waals surface area contributed by atoms with Crippen LogP contribution in [0.1, 0.15) is 70.8 Å². The van der Waals surface area contributed by atoms with Gasteiger partial charge in [0.1, 0.15) is 0 Å². The van der Waals surface area contributed by atoms with E-state index in [1.807, 2.05) is 42.5 Å². The monoisotopic (exact) mass is 536 g/mol. The quantitative estimate of drug-likeness (QED) is 0.146. The summed E-state index contributed by atoms with van der Waals surface area (Å²) in [5.41, 5.74) is 6.62. The fraction of sp³-hybridized carbons (Fsp3) is 0.273. The molecule has 0 bridgehead atoms. The number of fused-ring (bicyclic) bond motifs is 3. The van der Waals surface area contributed by atoms with Gasteiger partial charge >= 0.3 is 5.97 Å². The second kappa shape index (κ2) is 11.1. The molecule has 1 aliphatic rings. The Bertz CT molecular complexity index is 1650. The largest absolute Gasteiger partial charge is 0.461 e. The molecule has 7 heteroatoms. The minimum absolute atomic E-state index is 0.176. The lowest BCUT2D eigenvalue weighted by atomic mass is 9.96. The van der Waals surface area contributed by atoms with E-state index in [0.29, 0.717) is 29.2 Å². The summed E-state index contributed by atoms with van der Waals surface area (Å²) < 4.78 is 7.53. The zero-order chi connectivity index (χ0) is 27.6. The third-order valence-corrected chi connectivity index (χ3v) is 7.83. The predicted octanol–water partition coefficient (Wildman–Crippen LogP) is 6.59. The topological polar surface area (TPSA) is 93.7 Å². The molecule has 0 amide bonds. The van der Waals surface area contributed by atoms with Crippen molar-refractivity contribution in [3.05, 3.63) is 108 Å². The highest BCUT2D eigenvalue weighted by Crippen LogP contribution is 2.37. The number of hydrogen-bond acceptors (Lipinski definition) is 6. The summed E-state index contributed by atoms with van der Waals surface area (Å²) in [6.07, 6.45) is 4.62. The standard InChI is InChI=1S/C33H32N2O5/c1-2-35-28-16-13-23(19-25(28)26-20-24(14-17-29(26)35)32(37)30-9-6-18-39-30)31(36)27(15-12-21-10-11-21)34-40-33(38)22-7-4-3-5-8-22/h3-9,13-14,16-21,27,31,34,36H,2,10-12,15H2,1H3. The van der Waals surface area contributed by atoms with E-state index in [1.165, 1.54) is 19.1 Å². The van der Waals surface area contributed by atoms with E-state index in [9.17, 15) is 14.7 Å². The van der Waals surface area contributed by atoms with Crippen molar-refractivity contribution in [2.24, 2.45) is 5.92 Å². The molecule has 0 aliphatic heterocycles. The molecule has 3 aromatic carbocycles. The molecule has 1 aliphatic carbocycles. The summed E-state index contributed by atoms with van der Waals surface area (Å²) in [6, 6.07) is 23.3. The van der Waals surface area contributed by atoms with E-state index in [-0.39, 0.29) is 5.78 Å². The number of rotatable bonds is 11. The molecule has 1 fully saturated rings. The van der Waals surface area contributed by atoms with Crippen molar-refractivity contribution in [3.8, 4) is 0 Å². The molecule has 5 aromatic rings. The number of aliphatic hydroxyl groups excluding tert-OH is 1. The second-order valence-electron chi connectivity index (χ2n) is 10.5. The number of furan rings is 1. The van der Waals surface area contributed by atoms with Crippen LogP contribution >= 0.6 is 0 Å². The number of aliphatic hydroxyl groups is 1. The minimum Gasteiger partial charge on any atom is -0.461 e. The molecule has 1 saturated carbocycles. The highest BCUT2D eigenvalue weighted by Gasteiger charge is 2.28. The number of ketones is 1. The molecule has 204 valence electrons. The van der Waals surface area contributed by atoms with E-state index >= 15 is 0 Å². The van der Waals surface area contributed by atoms with Gasteiger partial charge in [0, 0.05) is 33.9 Å². The summed E-state index contributed by atoms with van der Waals surface area (Å²) in [7, 11) is 0. The van der Waals surface area contributed by atoms with E-state index < -0.39 is 18.1 Å². The summed E-state index contributed by atoms with van der Waals surface area (Å²) in [5.74, 6) is 0.297. The molecule has 2 heterocycles. The molecule has 2 atom stereocenters. The van der Waals surface area contributed by atoms with Crippen LogP contribution in [0.5, 0.6) is 0 Å². The molecule has 7 nitrogen and oxygen atoms in total. The number of benzene rings is 3. The molecule has 2 unspecified atom stereocenters. The van der Waals surface area contributed by atoms with Crippen LogP contribution in [0.4, 0.5) is 0 Å². The summed E-state index contributed by atoms with van der Waals surface area (Å²) >= 11 is 0. The number of hydroxylamine groups is 1. The Morgan fingerprint density at radius 3 is 2.42 bits per heavy atom. The van der Waals surface area contributed by atoms with Crippen LogP contribution in [0, 0.1) is 5.92 Å². The number of aromatic nitrogens is 1. The van der Waals surface area contributed by atoms with Crippen molar-refractivity contribution in [1.29, 1.82) is 0 Å². The van der Waals surface area contributed by atoms with Gasteiger partial charge in [-0.2, -0.15) is 0 Å². The fourth-order valence-electron chi connectivity index (χ4n) is 5.44. The highest BCUT2D eigenvalue weighted by molar-refractivity contribution is 6.14. The molecular formula is C33H32N2O5. The Labute approximate surface area is 232 Å². The lowest BCUT2D eigenvalue weighted by Crippen LogP contribution is -2.37. The minimum atomic E-state index is -0.903. The SMILES string of the molecule is CCn1c2ccc(C(=O)c3ccco3)cc2c2cc(C(O)C(CCC3CC3)NOC(=O)c3ccccc3)ccc21. The van der Waals surface area contributed by atoms with Gasteiger partial charge in [0.05, 0.1) is 24.0 Å². The molecule has 0 saturated heterocycles. The fourth-order valence-corrected chi connectivity index (χ4v) is 5.44. The molecule has 6 rings (SSSR count). The Hall–Kier alpha value is -4.20. The average Bonchev–Trinajstić information content (AvgIpc) is 3.55. The lowest BCUT2D eigenvalue weighted by Gasteiger charge is -2.24. The predicted molar refractivity (Wildman–Crippen MR) is 153 cm³/mol. The lowest BCUT2D eigenvalue weighted by molar-refractivity contribution is -0.00999. The summed E-state index contributed by atoms with van der Waals surface area (Å²) in [6.45, 7) is 2.84. The van der Waals surface area contributed by atoms with Crippen LogP contribution in [-0.2, 0) is 11.4 Å². The molecular weight excluding hydrogens is 504 g/mol. The van der Waals surface area contributed by atoms with E-state index in [4.69, 9.17) is 9.25 Å². The van der Waals surface area contributed by atoms with E-state index in [0.717, 1.165) is 40.3 Å². The van der Waals surface area contributed by atoms with Gasteiger partial charge in [-0.3, -0.25) is 4.79 Å². The van der Waals surface area contributed by atoms with Crippen LogP contribution in [0.25, 0.3) is 21.8 Å². The van der Waals surface area contributed by atoms with Crippen molar-refractivity contribution in [2.75, 3.05) is 0 Å². The first-order chi connectivity index (χ1) is 19.5. The first-order valence-electron chi connectivity index (χ1n) is 13.9. The maximum Gasteiger partial charge on any atom is 0.356 e. The number of nitrogens with zero attached hydrogens (tertiary/aromatic N) is 1. The zero-order valence-corrected chi connectivity index (χ0v) is 22.4. The van der Waals surface area contributed by atoms with Gasteiger partial charge < -0.3 is 18.9 Å². The van der Waals surface area contributed by atoms with Gasteiger partial charge in [0.2, 0.25) is 5.78 Å². The second-order valence-corrected chi connectivity index (χ2v) is 10.5. The molecule has 2 aromatic heterocycles. The van der Waals surface area contributed by atoms with Crippen molar-refractivity contribution >= 4 is 33.6 Å². The van der Waals surface area contributed by atoms with Crippen molar-refractivity contribution in [3.63, 3.8) is 0 Å². The van der Waals surface area contributed by atoms with Gasteiger partial charge in [-0.1, -0.05) is 37.1 Å². The van der Waals surface area contributed by atoms with Crippen molar-refractivity contribution < 1.29 is 24.0 Å². The highest BCUT2D eigenvalue weighted by atomic mass is 16.7. The summed E-state index contributed by atoms with van der Waals surface area (Å²) in [5, 5.41) is 13.4.